The fourth-order valence-corrected chi connectivity index (χ4v) is 5.58. The average Bonchev–Trinajstić information content (AvgIpc) is 3.31. The van der Waals surface area contributed by atoms with E-state index in [-0.39, 0.29) is 0 Å². The number of nitrogens with zero attached hydrogens (tertiary/aromatic N) is 1. The molecule has 0 amide bonds. The number of benzene rings is 6. The fourth-order valence-electron chi connectivity index (χ4n) is 5.39. The van der Waals surface area contributed by atoms with Crippen molar-refractivity contribution in [2.45, 2.75) is 0 Å². The topological polar surface area (TPSA) is 4.93 Å². The van der Waals surface area contributed by atoms with E-state index in [9.17, 15) is 0 Å². The van der Waals surface area contributed by atoms with Crippen LogP contribution in [0.4, 0.5) is 0 Å². The van der Waals surface area contributed by atoms with Gasteiger partial charge in [-0.1, -0.05) is 121 Å². The van der Waals surface area contributed by atoms with Crippen LogP contribution < -0.4 is 0 Å². The summed E-state index contributed by atoms with van der Waals surface area (Å²) in [5.41, 5.74) is 10.6. The molecule has 7 aromatic rings. The van der Waals surface area contributed by atoms with Crippen LogP contribution >= 0.6 is 11.6 Å². The van der Waals surface area contributed by atoms with Gasteiger partial charge in [-0.3, -0.25) is 0 Å². The summed E-state index contributed by atoms with van der Waals surface area (Å²) in [7, 11) is 0. The first-order valence-electron chi connectivity index (χ1n) is 12.8. The summed E-state index contributed by atoms with van der Waals surface area (Å²) in [4.78, 5) is 0. The van der Waals surface area contributed by atoms with E-state index in [1.807, 2.05) is 18.2 Å². The summed E-state index contributed by atoms with van der Waals surface area (Å²) in [6.45, 7) is 0. The van der Waals surface area contributed by atoms with Crippen molar-refractivity contribution in [3.8, 4) is 39.1 Å². The molecule has 1 nitrogen and oxygen atoms in total. The Morgan fingerprint density at radius 1 is 0.368 bits per heavy atom. The molecule has 38 heavy (non-hydrogen) atoms. The second-order valence-corrected chi connectivity index (χ2v) is 10.0. The van der Waals surface area contributed by atoms with Crippen molar-refractivity contribution in [3.05, 3.63) is 151 Å². The van der Waals surface area contributed by atoms with E-state index in [0.29, 0.717) is 0 Å². The summed E-state index contributed by atoms with van der Waals surface area (Å²) in [6.07, 6.45) is 0. The summed E-state index contributed by atoms with van der Waals surface area (Å²) in [5.74, 6) is 0. The first-order valence-corrected chi connectivity index (χ1v) is 13.2. The van der Waals surface area contributed by atoms with Gasteiger partial charge in [0.2, 0.25) is 0 Å². The van der Waals surface area contributed by atoms with E-state index in [1.54, 1.807) is 0 Å². The molecule has 0 saturated carbocycles. The highest BCUT2D eigenvalue weighted by Gasteiger charge is 2.15. The molecule has 0 unspecified atom stereocenters. The number of fused-ring (bicyclic) bond motifs is 3. The van der Waals surface area contributed by atoms with Crippen LogP contribution in [0.5, 0.6) is 0 Å². The number of aromatic nitrogens is 1. The summed E-state index contributed by atoms with van der Waals surface area (Å²) >= 11 is 6.26. The zero-order valence-electron chi connectivity index (χ0n) is 20.7. The Kier molecular flexibility index (Phi) is 5.57. The highest BCUT2D eigenvalue weighted by molar-refractivity contribution is 6.30. The molecule has 0 aliphatic rings. The number of hydrogen-bond donors (Lipinski definition) is 0. The lowest BCUT2D eigenvalue weighted by molar-refractivity contribution is 1.18. The molecular formula is C36H24ClN. The standard InChI is InChI=1S/C36H24ClN/c37-31-13-7-12-28(22-31)27-14-18-32(19-15-27)38-35-23-29(25-8-3-1-4-9-25)16-20-33(35)34-21-17-30(24-36(34)38)26-10-5-2-6-11-26/h1-24H. The molecule has 0 spiro atoms. The maximum absolute atomic E-state index is 6.26. The van der Waals surface area contributed by atoms with Crippen molar-refractivity contribution in [2.75, 3.05) is 0 Å². The molecule has 0 radical (unpaired) electrons. The second-order valence-electron chi connectivity index (χ2n) is 9.59. The molecule has 1 aromatic heterocycles. The lowest BCUT2D eigenvalue weighted by Crippen LogP contribution is -1.94. The molecule has 0 atom stereocenters. The molecule has 7 rings (SSSR count). The van der Waals surface area contributed by atoms with Gasteiger partial charge in [-0.15, -0.1) is 0 Å². The van der Waals surface area contributed by atoms with Crippen LogP contribution in [0, 0.1) is 0 Å². The molecule has 1 heterocycles. The van der Waals surface area contributed by atoms with Crippen molar-refractivity contribution in [1.29, 1.82) is 0 Å². The molecule has 0 aliphatic heterocycles. The quantitative estimate of drug-likeness (QED) is 0.224. The van der Waals surface area contributed by atoms with Gasteiger partial charge in [0.05, 0.1) is 11.0 Å². The summed E-state index contributed by atoms with van der Waals surface area (Å²) in [6, 6.07) is 51.6. The predicted molar refractivity (Wildman–Crippen MR) is 162 cm³/mol. The largest absolute Gasteiger partial charge is 0.309 e. The number of halogens is 1. The van der Waals surface area contributed by atoms with E-state index in [0.717, 1.165) is 21.8 Å². The minimum atomic E-state index is 0.746. The van der Waals surface area contributed by atoms with Gasteiger partial charge in [0.25, 0.3) is 0 Å². The van der Waals surface area contributed by atoms with Gasteiger partial charge in [0.1, 0.15) is 0 Å². The Balaban J connectivity index is 1.46. The minimum Gasteiger partial charge on any atom is -0.309 e. The van der Waals surface area contributed by atoms with E-state index < -0.39 is 0 Å². The normalized spacial score (nSPS) is 11.3. The van der Waals surface area contributed by atoms with E-state index in [1.165, 1.54) is 44.1 Å². The van der Waals surface area contributed by atoms with Crippen molar-refractivity contribution in [2.24, 2.45) is 0 Å². The Hall–Kier alpha value is -4.59. The van der Waals surface area contributed by atoms with Gasteiger partial charge in [-0.05, 0) is 69.8 Å². The second kappa shape index (κ2) is 9.37. The smallest absolute Gasteiger partial charge is 0.0547 e. The highest BCUT2D eigenvalue weighted by Crippen LogP contribution is 2.37. The fraction of sp³-hybridized carbons (Fsp3) is 0. The third-order valence-corrected chi connectivity index (χ3v) is 7.50. The monoisotopic (exact) mass is 505 g/mol. The van der Waals surface area contributed by atoms with Crippen LogP contribution in [0.3, 0.4) is 0 Å². The molecule has 0 fully saturated rings. The van der Waals surface area contributed by atoms with Gasteiger partial charge < -0.3 is 4.57 Å². The highest BCUT2D eigenvalue weighted by atomic mass is 35.5. The van der Waals surface area contributed by atoms with Crippen molar-refractivity contribution in [1.82, 2.24) is 4.57 Å². The third-order valence-electron chi connectivity index (χ3n) is 7.27. The van der Waals surface area contributed by atoms with Crippen LogP contribution in [0.15, 0.2) is 146 Å². The third kappa shape index (κ3) is 3.98. The van der Waals surface area contributed by atoms with Crippen LogP contribution in [0.1, 0.15) is 0 Å². The zero-order valence-corrected chi connectivity index (χ0v) is 21.4. The predicted octanol–water partition coefficient (Wildman–Crippen LogP) is 10.4. The van der Waals surface area contributed by atoms with Crippen LogP contribution in [0.2, 0.25) is 5.02 Å². The molecule has 0 bridgehead atoms. The molecule has 0 aliphatic carbocycles. The molecule has 0 saturated heterocycles. The van der Waals surface area contributed by atoms with Gasteiger partial charge in [-0.25, -0.2) is 0 Å². The molecule has 0 N–H and O–H groups in total. The number of rotatable bonds is 4. The first-order chi connectivity index (χ1) is 18.7. The molecular weight excluding hydrogens is 482 g/mol. The van der Waals surface area contributed by atoms with Gasteiger partial charge in [0.15, 0.2) is 0 Å². The Morgan fingerprint density at radius 3 is 1.34 bits per heavy atom. The molecule has 2 heteroatoms. The minimum absolute atomic E-state index is 0.746. The molecule has 180 valence electrons. The maximum atomic E-state index is 6.26. The summed E-state index contributed by atoms with van der Waals surface area (Å²) in [5, 5.41) is 3.24. The van der Waals surface area contributed by atoms with Crippen LogP contribution in [-0.4, -0.2) is 4.57 Å². The zero-order chi connectivity index (χ0) is 25.5. The number of hydrogen-bond acceptors (Lipinski definition) is 0. The SMILES string of the molecule is Clc1cccc(-c2ccc(-n3c4cc(-c5ccccc5)ccc4c4ccc(-c5ccccc5)cc43)cc2)c1. The summed E-state index contributed by atoms with van der Waals surface area (Å²) < 4.78 is 2.39. The van der Waals surface area contributed by atoms with Crippen molar-refractivity contribution >= 4 is 33.4 Å². The average molecular weight is 506 g/mol. The van der Waals surface area contributed by atoms with E-state index >= 15 is 0 Å². The molecule has 6 aromatic carbocycles. The Morgan fingerprint density at radius 2 is 0.816 bits per heavy atom. The van der Waals surface area contributed by atoms with Gasteiger partial charge in [0, 0.05) is 21.5 Å². The Bertz CT molecular complexity index is 1800. The van der Waals surface area contributed by atoms with Crippen molar-refractivity contribution in [3.63, 3.8) is 0 Å². The maximum Gasteiger partial charge on any atom is 0.0547 e. The lowest BCUT2D eigenvalue weighted by atomic mass is 10.0. The van der Waals surface area contributed by atoms with E-state index in [4.69, 9.17) is 11.6 Å². The van der Waals surface area contributed by atoms with Crippen molar-refractivity contribution < 1.29 is 0 Å². The lowest BCUT2D eigenvalue weighted by Gasteiger charge is -2.11. The van der Waals surface area contributed by atoms with Gasteiger partial charge in [-0.2, -0.15) is 0 Å². The van der Waals surface area contributed by atoms with Gasteiger partial charge >= 0.3 is 0 Å². The Labute approximate surface area is 227 Å². The first kappa shape index (κ1) is 22.6. The van der Waals surface area contributed by atoms with Crippen LogP contribution in [0.25, 0.3) is 60.9 Å². The van der Waals surface area contributed by atoms with Crippen LogP contribution in [-0.2, 0) is 0 Å². The van der Waals surface area contributed by atoms with E-state index in [2.05, 4.69) is 132 Å².